The minimum atomic E-state index is -0.554. The molecule has 2 amide bonds. The summed E-state index contributed by atoms with van der Waals surface area (Å²) in [7, 11) is 0. The molecule has 0 aliphatic carbocycles. The Morgan fingerprint density at radius 1 is 1.18 bits per heavy atom. The molecule has 0 aliphatic heterocycles. The first-order valence-corrected chi connectivity index (χ1v) is 5.55. The topological polar surface area (TPSA) is 58.2 Å². The summed E-state index contributed by atoms with van der Waals surface area (Å²) in [5.74, 6) is -0.655. The van der Waals surface area contributed by atoms with Gasteiger partial charge in [-0.25, -0.2) is 0 Å². The van der Waals surface area contributed by atoms with E-state index in [9.17, 15) is 9.59 Å². The molecule has 0 atom stereocenters. The zero-order chi connectivity index (χ0) is 13.1. The van der Waals surface area contributed by atoms with Crippen molar-refractivity contribution in [3.8, 4) is 0 Å². The van der Waals surface area contributed by atoms with E-state index in [1.165, 1.54) is 6.07 Å². The number of carbonyl (C=O) groups is 2. The van der Waals surface area contributed by atoms with Crippen LogP contribution < -0.4 is 10.9 Å². The molecule has 0 spiro atoms. The highest BCUT2D eigenvalue weighted by atomic mass is 35.5. The largest absolute Gasteiger partial charge is 0.273 e. The normalized spacial score (nSPS) is 10.8. The summed E-state index contributed by atoms with van der Waals surface area (Å²) in [4.78, 5) is 23.2. The Morgan fingerprint density at radius 2 is 1.82 bits per heavy atom. The number of halogens is 1. The number of amides is 2. The van der Waals surface area contributed by atoms with Crippen molar-refractivity contribution in [1.82, 2.24) is 10.9 Å². The van der Waals surface area contributed by atoms with Crippen molar-refractivity contribution in [1.29, 1.82) is 0 Å². The summed E-state index contributed by atoms with van der Waals surface area (Å²) in [6.07, 6.45) is 0. The summed E-state index contributed by atoms with van der Waals surface area (Å²) in [5.41, 5.74) is 4.54. The fourth-order valence-electron chi connectivity index (χ4n) is 1.00. The zero-order valence-electron chi connectivity index (χ0n) is 10.0. The summed E-state index contributed by atoms with van der Waals surface area (Å²) in [6, 6.07) is 6.49. The Labute approximate surface area is 105 Å². The number of nitrogens with one attached hydrogen (secondary N) is 2. The van der Waals surface area contributed by atoms with Crippen molar-refractivity contribution < 1.29 is 9.59 Å². The first-order valence-electron chi connectivity index (χ1n) is 5.17. The van der Waals surface area contributed by atoms with E-state index < -0.39 is 11.3 Å². The van der Waals surface area contributed by atoms with Gasteiger partial charge >= 0.3 is 0 Å². The predicted octanol–water partition coefficient (Wildman–Crippen LogP) is 2.15. The number of rotatable bonds is 1. The predicted molar refractivity (Wildman–Crippen MR) is 66.5 cm³/mol. The molecule has 0 fully saturated rings. The van der Waals surface area contributed by atoms with Gasteiger partial charge in [-0.1, -0.05) is 38.4 Å². The summed E-state index contributed by atoms with van der Waals surface area (Å²) in [6.45, 7) is 5.27. The minimum Gasteiger partial charge on any atom is -0.273 e. The van der Waals surface area contributed by atoms with Gasteiger partial charge in [0.1, 0.15) is 0 Å². The molecular weight excluding hydrogens is 240 g/mol. The number of hydrogen-bond donors (Lipinski definition) is 2. The van der Waals surface area contributed by atoms with Gasteiger partial charge < -0.3 is 0 Å². The van der Waals surface area contributed by atoms with Crippen LogP contribution in [0.25, 0.3) is 0 Å². The van der Waals surface area contributed by atoms with Gasteiger partial charge in [0.2, 0.25) is 5.91 Å². The minimum absolute atomic E-state index is 0.257. The van der Waals surface area contributed by atoms with Crippen molar-refractivity contribution in [3.05, 3.63) is 34.9 Å². The molecule has 0 radical (unpaired) electrons. The SMILES string of the molecule is CC(C)(C)C(=O)NNC(=O)c1cccc(Cl)c1. The second-order valence-electron chi connectivity index (χ2n) is 4.67. The van der Waals surface area contributed by atoms with Crippen LogP contribution in [0, 0.1) is 5.41 Å². The summed E-state index contributed by atoms with van der Waals surface area (Å²) < 4.78 is 0. The van der Waals surface area contributed by atoms with Crippen LogP contribution in [0.2, 0.25) is 5.02 Å². The maximum Gasteiger partial charge on any atom is 0.269 e. The molecule has 1 aromatic carbocycles. The van der Waals surface area contributed by atoms with E-state index in [0.29, 0.717) is 10.6 Å². The maximum absolute atomic E-state index is 11.6. The lowest BCUT2D eigenvalue weighted by Gasteiger charge is -2.17. The first-order chi connectivity index (χ1) is 7.80. The van der Waals surface area contributed by atoms with E-state index in [1.54, 1.807) is 39.0 Å². The Hall–Kier alpha value is -1.55. The van der Waals surface area contributed by atoms with Crippen molar-refractivity contribution in [2.45, 2.75) is 20.8 Å². The van der Waals surface area contributed by atoms with E-state index in [-0.39, 0.29) is 5.91 Å². The molecular formula is C12H15ClN2O2. The Bertz CT molecular complexity index is 438. The fourth-order valence-corrected chi connectivity index (χ4v) is 1.19. The van der Waals surface area contributed by atoms with Crippen molar-refractivity contribution in [3.63, 3.8) is 0 Å². The summed E-state index contributed by atoms with van der Waals surface area (Å²) in [5, 5.41) is 0.472. The zero-order valence-corrected chi connectivity index (χ0v) is 10.8. The lowest BCUT2D eigenvalue weighted by atomic mass is 9.96. The van der Waals surface area contributed by atoms with Crippen LogP contribution in [0.5, 0.6) is 0 Å². The van der Waals surface area contributed by atoms with Gasteiger partial charge in [-0.15, -0.1) is 0 Å². The smallest absolute Gasteiger partial charge is 0.269 e. The van der Waals surface area contributed by atoms with Gasteiger partial charge in [0.05, 0.1) is 0 Å². The molecule has 0 bridgehead atoms. The average Bonchev–Trinajstić information content (AvgIpc) is 2.24. The quantitative estimate of drug-likeness (QED) is 0.755. The molecule has 4 nitrogen and oxygen atoms in total. The van der Waals surface area contributed by atoms with Crippen LogP contribution in [0.3, 0.4) is 0 Å². The molecule has 5 heteroatoms. The molecule has 0 saturated carbocycles. The van der Waals surface area contributed by atoms with Crippen molar-refractivity contribution in [2.24, 2.45) is 5.41 Å². The van der Waals surface area contributed by atoms with E-state index in [1.807, 2.05) is 0 Å². The van der Waals surface area contributed by atoms with Gasteiger partial charge in [0.15, 0.2) is 0 Å². The first kappa shape index (κ1) is 13.5. The molecule has 92 valence electrons. The van der Waals surface area contributed by atoms with Gasteiger partial charge in [-0.2, -0.15) is 0 Å². The molecule has 1 aromatic rings. The van der Waals surface area contributed by atoms with E-state index in [0.717, 1.165) is 0 Å². The third kappa shape index (κ3) is 4.07. The van der Waals surface area contributed by atoms with Gasteiger partial charge in [0.25, 0.3) is 5.91 Å². The lowest BCUT2D eigenvalue weighted by Crippen LogP contribution is -2.46. The molecule has 0 heterocycles. The van der Waals surface area contributed by atoms with Gasteiger partial charge in [-0.3, -0.25) is 20.4 Å². The van der Waals surface area contributed by atoms with Gasteiger partial charge in [0, 0.05) is 16.0 Å². The molecule has 0 aliphatic rings. The van der Waals surface area contributed by atoms with Crippen LogP contribution in [0.1, 0.15) is 31.1 Å². The second-order valence-corrected chi connectivity index (χ2v) is 5.11. The molecule has 0 unspecified atom stereocenters. The Morgan fingerprint density at radius 3 is 2.35 bits per heavy atom. The Kier molecular flexibility index (Phi) is 4.12. The number of hydrazine groups is 1. The van der Waals surface area contributed by atoms with E-state index >= 15 is 0 Å². The number of hydrogen-bond acceptors (Lipinski definition) is 2. The van der Waals surface area contributed by atoms with Crippen LogP contribution in [-0.4, -0.2) is 11.8 Å². The molecule has 1 rings (SSSR count). The number of carbonyl (C=O) groups excluding carboxylic acids is 2. The van der Waals surface area contributed by atoms with Crippen LogP contribution in [0.15, 0.2) is 24.3 Å². The van der Waals surface area contributed by atoms with E-state index in [2.05, 4.69) is 10.9 Å². The highest BCUT2D eigenvalue weighted by Gasteiger charge is 2.21. The maximum atomic E-state index is 11.6. The monoisotopic (exact) mass is 254 g/mol. The van der Waals surface area contributed by atoms with Crippen LogP contribution in [-0.2, 0) is 4.79 Å². The lowest BCUT2D eigenvalue weighted by molar-refractivity contribution is -0.129. The fraction of sp³-hybridized carbons (Fsp3) is 0.333. The third-order valence-electron chi connectivity index (χ3n) is 2.06. The molecule has 0 saturated heterocycles. The highest BCUT2D eigenvalue weighted by Crippen LogP contribution is 2.12. The van der Waals surface area contributed by atoms with Gasteiger partial charge in [-0.05, 0) is 18.2 Å². The molecule has 2 N–H and O–H groups in total. The molecule has 17 heavy (non-hydrogen) atoms. The standard InChI is InChI=1S/C12H15ClN2O2/c1-12(2,3)11(17)15-14-10(16)8-5-4-6-9(13)7-8/h4-7H,1-3H3,(H,14,16)(H,15,17). The second kappa shape index (κ2) is 5.19. The van der Waals surface area contributed by atoms with Crippen LogP contribution in [0.4, 0.5) is 0 Å². The Balaban J connectivity index is 2.60. The molecule has 0 aromatic heterocycles. The summed E-state index contributed by atoms with van der Waals surface area (Å²) >= 11 is 5.76. The van der Waals surface area contributed by atoms with E-state index in [4.69, 9.17) is 11.6 Å². The van der Waals surface area contributed by atoms with Crippen LogP contribution >= 0.6 is 11.6 Å². The van der Waals surface area contributed by atoms with Crippen molar-refractivity contribution >= 4 is 23.4 Å². The van der Waals surface area contributed by atoms with Crippen molar-refractivity contribution in [2.75, 3.05) is 0 Å². The highest BCUT2D eigenvalue weighted by molar-refractivity contribution is 6.30. The average molecular weight is 255 g/mol. The third-order valence-corrected chi connectivity index (χ3v) is 2.29. The number of benzene rings is 1.